The first-order chi connectivity index (χ1) is 11.8. The summed E-state index contributed by atoms with van der Waals surface area (Å²) in [5.41, 5.74) is 9.00. The van der Waals surface area contributed by atoms with E-state index in [1.54, 1.807) is 24.3 Å². The maximum atomic E-state index is 11.4. The van der Waals surface area contributed by atoms with Crippen LogP contribution in [0.5, 0.6) is 0 Å². The quantitative estimate of drug-likeness (QED) is 0.610. The molecule has 0 spiro atoms. The molecule has 3 N–H and O–H groups in total. The first kappa shape index (κ1) is 19.0. The monoisotopic (exact) mass is 359 g/mol. The largest absolute Gasteiger partial charge is 0.370 e. The Morgan fingerprint density at radius 1 is 1.12 bits per heavy atom. The van der Waals surface area contributed by atoms with E-state index in [4.69, 9.17) is 5.73 Å². The second kappa shape index (κ2) is 8.16. The van der Waals surface area contributed by atoms with E-state index in [0.717, 1.165) is 17.7 Å². The molecular formula is C19H25N3O2S. The van der Waals surface area contributed by atoms with Gasteiger partial charge in [-0.15, -0.1) is 0 Å². The average Bonchev–Trinajstić information content (AvgIpc) is 2.59. The smallest absolute Gasteiger partial charge is 0.193 e. The lowest BCUT2D eigenvalue weighted by Crippen LogP contribution is -2.22. The topological polar surface area (TPSA) is 84.5 Å². The number of hydrogen-bond donors (Lipinski definition) is 2. The summed E-state index contributed by atoms with van der Waals surface area (Å²) in [7, 11) is -3.18. The van der Waals surface area contributed by atoms with Crippen molar-refractivity contribution in [3.63, 3.8) is 0 Å². The number of guanidine groups is 1. The summed E-state index contributed by atoms with van der Waals surface area (Å²) in [6.07, 6.45) is 2.29. The minimum atomic E-state index is -3.18. The number of rotatable bonds is 6. The molecule has 0 saturated heterocycles. The number of nitrogens with one attached hydrogen (secondary N) is 1. The van der Waals surface area contributed by atoms with Crippen molar-refractivity contribution in [2.75, 3.05) is 11.6 Å². The molecular weight excluding hydrogens is 334 g/mol. The molecule has 6 heteroatoms. The molecule has 0 aliphatic rings. The molecule has 134 valence electrons. The van der Waals surface area contributed by atoms with Gasteiger partial charge < -0.3 is 11.1 Å². The lowest BCUT2D eigenvalue weighted by Gasteiger charge is -2.11. The predicted molar refractivity (Wildman–Crippen MR) is 104 cm³/mol. The van der Waals surface area contributed by atoms with Gasteiger partial charge in [0.15, 0.2) is 15.8 Å². The van der Waals surface area contributed by atoms with Crippen LogP contribution in [0.2, 0.25) is 0 Å². The predicted octanol–water partition coefficient (Wildman–Crippen LogP) is 3.53. The van der Waals surface area contributed by atoms with E-state index in [9.17, 15) is 8.42 Å². The molecule has 0 bridgehead atoms. The lowest BCUT2D eigenvalue weighted by atomic mass is 9.99. The number of benzene rings is 2. The van der Waals surface area contributed by atoms with Crippen molar-refractivity contribution in [3.8, 4) is 0 Å². The lowest BCUT2D eigenvalue weighted by molar-refractivity contribution is 0.602. The average molecular weight is 359 g/mol. The summed E-state index contributed by atoms with van der Waals surface area (Å²) in [6.45, 7) is 4.76. The number of anilines is 1. The van der Waals surface area contributed by atoms with Crippen LogP contribution in [-0.4, -0.2) is 20.6 Å². The van der Waals surface area contributed by atoms with Crippen LogP contribution in [0.4, 0.5) is 5.69 Å². The van der Waals surface area contributed by atoms with E-state index in [2.05, 4.69) is 36.3 Å². The van der Waals surface area contributed by atoms with Crippen molar-refractivity contribution in [1.29, 1.82) is 0 Å². The summed E-state index contributed by atoms with van der Waals surface area (Å²) in [5, 5.41) is 3.06. The number of nitrogens with zero attached hydrogens (tertiary/aromatic N) is 1. The molecule has 0 amide bonds. The minimum Gasteiger partial charge on any atom is -0.370 e. The minimum absolute atomic E-state index is 0.299. The number of nitrogens with two attached hydrogens (primary N) is 1. The highest BCUT2D eigenvalue weighted by Gasteiger charge is 2.06. The van der Waals surface area contributed by atoms with Crippen molar-refractivity contribution < 1.29 is 8.42 Å². The van der Waals surface area contributed by atoms with Crippen LogP contribution in [-0.2, 0) is 16.4 Å². The van der Waals surface area contributed by atoms with E-state index in [0.29, 0.717) is 23.3 Å². The highest BCUT2D eigenvalue weighted by molar-refractivity contribution is 7.90. The fraction of sp³-hybridized carbons (Fsp3) is 0.316. The fourth-order valence-electron chi connectivity index (χ4n) is 2.34. The SMILES string of the molecule is CCC(C)c1ccc(NC(N)=NCc2ccc(S(C)(=O)=O)cc2)cc1. The molecule has 1 unspecified atom stereocenters. The Hall–Kier alpha value is -2.34. The molecule has 0 aliphatic heterocycles. The Morgan fingerprint density at radius 3 is 2.24 bits per heavy atom. The Balaban J connectivity index is 1.97. The van der Waals surface area contributed by atoms with Gasteiger partial charge in [-0.3, -0.25) is 0 Å². The van der Waals surface area contributed by atoms with Gasteiger partial charge in [-0.05, 0) is 47.7 Å². The van der Waals surface area contributed by atoms with Crippen LogP contribution in [0.3, 0.4) is 0 Å². The molecule has 25 heavy (non-hydrogen) atoms. The second-order valence-electron chi connectivity index (χ2n) is 6.17. The van der Waals surface area contributed by atoms with Gasteiger partial charge >= 0.3 is 0 Å². The van der Waals surface area contributed by atoms with Gasteiger partial charge in [0.2, 0.25) is 0 Å². The van der Waals surface area contributed by atoms with Crippen LogP contribution < -0.4 is 11.1 Å². The van der Waals surface area contributed by atoms with Gasteiger partial charge in [0.05, 0.1) is 11.4 Å². The van der Waals surface area contributed by atoms with Gasteiger partial charge in [0.25, 0.3) is 0 Å². The van der Waals surface area contributed by atoms with Crippen LogP contribution in [0.1, 0.15) is 37.3 Å². The number of aliphatic imine (C=N–C) groups is 1. The van der Waals surface area contributed by atoms with E-state index in [-0.39, 0.29) is 0 Å². The zero-order chi connectivity index (χ0) is 18.4. The normalized spacial score (nSPS) is 13.5. The maximum absolute atomic E-state index is 11.4. The first-order valence-electron chi connectivity index (χ1n) is 8.25. The molecule has 0 saturated carbocycles. The summed E-state index contributed by atoms with van der Waals surface area (Å²) in [6, 6.07) is 14.8. The molecule has 2 aromatic carbocycles. The molecule has 0 heterocycles. The van der Waals surface area contributed by atoms with Crippen LogP contribution in [0, 0.1) is 0 Å². The van der Waals surface area contributed by atoms with Crippen LogP contribution in [0.15, 0.2) is 58.4 Å². The van der Waals surface area contributed by atoms with Crippen molar-refractivity contribution in [1.82, 2.24) is 0 Å². The van der Waals surface area contributed by atoms with Crippen molar-refractivity contribution in [2.24, 2.45) is 10.7 Å². The molecule has 0 fully saturated rings. The third-order valence-electron chi connectivity index (χ3n) is 4.15. The Bertz CT molecular complexity index is 826. The fourth-order valence-corrected chi connectivity index (χ4v) is 2.97. The molecule has 2 rings (SSSR count). The van der Waals surface area contributed by atoms with Gasteiger partial charge in [-0.25, -0.2) is 13.4 Å². The second-order valence-corrected chi connectivity index (χ2v) is 8.19. The summed E-state index contributed by atoms with van der Waals surface area (Å²) >= 11 is 0. The molecule has 2 aromatic rings. The number of sulfone groups is 1. The Morgan fingerprint density at radius 2 is 1.72 bits per heavy atom. The summed E-state index contributed by atoms with van der Waals surface area (Å²) in [4.78, 5) is 4.59. The standard InChI is InChI=1S/C19H25N3O2S/c1-4-14(2)16-7-9-17(10-8-16)22-19(20)21-13-15-5-11-18(12-6-15)25(3,23)24/h5-12,14H,4,13H2,1-3H3,(H3,20,21,22). The van der Waals surface area contributed by atoms with Gasteiger partial charge in [0.1, 0.15) is 0 Å². The zero-order valence-electron chi connectivity index (χ0n) is 14.9. The van der Waals surface area contributed by atoms with Gasteiger partial charge in [-0.2, -0.15) is 0 Å². The highest BCUT2D eigenvalue weighted by Crippen LogP contribution is 2.20. The molecule has 1 atom stereocenters. The molecule has 5 nitrogen and oxygen atoms in total. The summed E-state index contributed by atoms with van der Waals surface area (Å²) < 4.78 is 22.9. The number of hydrogen-bond acceptors (Lipinski definition) is 3. The van der Waals surface area contributed by atoms with E-state index < -0.39 is 9.84 Å². The molecule has 0 aliphatic carbocycles. The van der Waals surface area contributed by atoms with Gasteiger partial charge in [0, 0.05) is 11.9 Å². The van der Waals surface area contributed by atoms with Crippen molar-refractivity contribution in [3.05, 3.63) is 59.7 Å². The van der Waals surface area contributed by atoms with Crippen molar-refractivity contribution in [2.45, 2.75) is 37.6 Å². The zero-order valence-corrected chi connectivity index (χ0v) is 15.7. The van der Waals surface area contributed by atoms with Crippen LogP contribution in [0.25, 0.3) is 0 Å². The van der Waals surface area contributed by atoms with Crippen molar-refractivity contribution >= 4 is 21.5 Å². The molecule has 0 radical (unpaired) electrons. The Labute approximate surface area is 149 Å². The van der Waals surface area contributed by atoms with E-state index >= 15 is 0 Å². The van der Waals surface area contributed by atoms with E-state index in [1.807, 2.05) is 12.1 Å². The van der Waals surface area contributed by atoms with E-state index in [1.165, 1.54) is 11.8 Å². The summed E-state index contributed by atoms with van der Waals surface area (Å²) in [5.74, 6) is 0.860. The Kier molecular flexibility index (Phi) is 6.20. The maximum Gasteiger partial charge on any atom is 0.193 e. The highest BCUT2D eigenvalue weighted by atomic mass is 32.2. The third-order valence-corrected chi connectivity index (χ3v) is 5.28. The first-order valence-corrected chi connectivity index (χ1v) is 10.1. The van der Waals surface area contributed by atoms with Gasteiger partial charge in [-0.1, -0.05) is 38.1 Å². The molecule has 0 aromatic heterocycles. The third kappa shape index (κ3) is 5.60. The van der Waals surface area contributed by atoms with Crippen LogP contribution >= 0.6 is 0 Å².